The SMILES string of the molecule is c1ccc(-c2ccc(-c3nc(-n4c5ccccc5c5c6c7ccccc7n(-c7ccccc7)c6c6c7cncnc7sc6c54)nc4ccccc34)cc2)cc1. The summed E-state index contributed by atoms with van der Waals surface area (Å²) in [6.45, 7) is 0. The number of thiophene rings is 1. The average Bonchev–Trinajstić information content (AvgIpc) is 3.92. The van der Waals surface area contributed by atoms with E-state index in [1.54, 1.807) is 17.7 Å². The highest BCUT2D eigenvalue weighted by molar-refractivity contribution is 7.26. The molecular weight excluding hydrogens is 693 g/mol. The second-order valence-electron chi connectivity index (χ2n) is 13.9. The summed E-state index contributed by atoms with van der Waals surface area (Å²) in [6, 6.07) is 55.6. The lowest BCUT2D eigenvalue weighted by molar-refractivity contribution is 1.02. The van der Waals surface area contributed by atoms with Crippen LogP contribution >= 0.6 is 11.3 Å². The summed E-state index contributed by atoms with van der Waals surface area (Å²) >= 11 is 1.71. The quantitative estimate of drug-likeness (QED) is 0.182. The second-order valence-corrected chi connectivity index (χ2v) is 14.9. The van der Waals surface area contributed by atoms with Crippen molar-refractivity contribution in [3.8, 4) is 34.0 Å². The molecule has 7 aromatic carbocycles. The van der Waals surface area contributed by atoms with Crippen LogP contribution in [0.1, 0.15) is 0 Å². The van der Waals surface area contributed by atoms with E-state index in [0.717, 1.165) is 75.6 Å². The Morgan fingerprint density at radius 1 is 0.455 bits per heavy atom. The van der Waals surface area contributed by atoms with Crippen LogP contribution in [0.2, 0.25) is 0 Å². The first-order chi connectivity index (χ1) is 27.3. The molecule has 0 N–H and O–H groups in total. The highest BCUT2D eigenvalue weighted by Crippen LogP contribution is 2.50. The van der Waals surface area contributed by atoms with Crippen molar-refractivity contribution >= 4 is 86.2 Å². The molecule has 0 amide bonds. The van der Waals surface area contributed by atoms with Gasteiger partial charge in [-0.25, -0.2) is 19.9 Å². The maximum atomic E-state index is 5.50. The van der Waals surface area contributed by atoms with Gasteiger partial charge in [0.15, 0.2) is 0 Å². The smallest absolute Gasteiger partial charge is 0.235 e. The lowest BCUT2D eigenvalue weighted by Gasteiger charge is -2.13. The van der Waals surface area contributed by atoms with Crippen molar-refractivity contribution in [2.24, 2.45) is 0 Å². The number of benzene rings is 7. The van der Waals surface area contributed by atoms with Crippen LogP contribution in [0.15, 0.2) is 170 Å². The largest absolute Gasteiger partial charge is 0.309 e. The molecule has 0 saturated carbocycles. The minimum Gasteiger partial charge on any atom is -0.309 e. The third kappa shape index (κ3) is 4.35. The fourth-order valence-electron chi connectivity index (χ4n) is 8.57. The number of hydrogen-bond acceptors (Lipinski definition) is 5. The van der Waals surface area contributed by atoms with Gasteiger partial charge in [0.05, 0.1) is 38.0 Å². The zero-order valence-corrected chi connectivity index (χ0v) is 30.1. The Balaban J connectivity index is 1.25. The fourth-order valence-corrected chi connectivity index (χ4v) is 9.73. The summed E-state index contributed by atoms with van der Waals surface area (Å²) < 4.78 is 5.83. The second kappa shape index (κ2) is 11.6. The highest BCUT2D eigenvalue weighted by Gasteiger charge is 2.28. The van der Waals surface area contributed by atoms with E-state index in [-0.39, 0.29) is 0 Å². The molecule has 0 aliphatic carbocycles. The predicted molar refractivity (Wildman–Crippen MR) is 228 cm³/mol. The molecule has 5 aromatic heterocycles. The summed E-state index contributed by atoms with van der Waals surface area (Å²) in [5, 5.41) is 7.87. The van der Waals surface area contributed by atoms with Gasteiger partial charge in [-0.3, -0.25) is 4.57 Å². The molecule has 0 atom stereocenters. The van der Waals surface area contributed by atoms with Crippen LogP contribution < -0.4 is 0 Å². The van der Waals surface area contributed by atoms with E-state index in [1.807, 2.05) is 12.3 Å². The molecule has 0 aliphatic heterocycles. The van der Waals surface area contributed by atoms with E-state index < -0.39 is 0 Å². The number of para-hydroxylation sites is 4. The number of nitrogens with zero attached hydrogens (tertiary/aromatic N) is 6. The molecule has 6 nitrogen and oxygen atoms in total. The summed E-state index contributed by atoms with van der Waals surface area (Å²) in [5.41, 5.74) is 10.7. The third-order valence-electron chi connectivity index (χ3n) is 10.9. The molecule has 12 rings (SSSR count). The molecule has 256 valence electrons. The van der Waals surface area contributed by atoms with Gasteiger partial charge in [-0.1, -0.05) is 127 Å². The van der Waals surface area contributed by atoms with Crippen molar-refractivity contribution in [3.63, 3.8) is 0 Å². The average molecular weight is 721 g/mol. The molecule has 0 radical (unpaired) electrons. The number of fused-ring (bicyclic) bond motifs is 13. The minimum atomic E-state index is 0.628. The third-order valence-corrected chi connectivity index (χ3v) is 12.0. The Morgan fingerprint density at radius 3 is 1.82 bits per heavy atom. The van der Waals surface area contributed by atoms with Gasteiger partial charge in [0.2, 0.25) is 5.95 Å². The van der Waals surface area contributed by atoms with Crippen LogP contribution in [-0.2, 0) is 0 Å². The zero-order chi connectivity index (χ0) is 36.0. The molecule has 0 aliphatic rings. The lowest BCUT2D eigenvalue weighted by Crippen LogP contribution is -2.03. The lowest BCUT2D eigenvalue weighted by atomic mass is 10.0. The Hall–Kier alpha value is -7.22. The number of hydrogen-bond donors (Lipinski definition) is 0. The normalized spacial score (nSPS) is 12.0. The molecule has 5 heterocycles. The minimum absolute atomic E-state index is 0.628. The first kappa shape index (κ1) is 30.3. The van der Waals surface area contributed by atoms with Crippen molar-refractivity contribution in [2.75, 3.05) is 0 Å². The van der Waals surface area contributed by atoms with Crippen molar-refractivity contribution < 1.29 is 0 Å². The molecule has 12 aromatic rings. The van der Waals surface area contributed by atoms with Gasteiger partial charge in [0, 0.05) is 55.2 Å². The van der Waals surface area contributed by atoms with Crippen LogP contribution in [0.5, 0.6) is 0 Å². The van der Waals surface area contributed by atoms with Gasteiger partial charge in [0.25, 0.3) is 0 Å². The fraction of sp³-hybridized carbons (Fsp3) is 0. The van der Waals surface area contributed by atoms with Crippen molar-refractivity contribution in [1.82, 2.24) is 29.1 Å². The topological polar surface area (TPSA) is 61.4 Å². The molecule has 7 heteroatoms. The van der Waals surface area contributed by atoms with Crippen LogP contribution in [0.3, 0.4) is 0 Å². The van der Waals surface area contributed by atoms with Gasteiger partial charge in [0.1, 0.15) is 11.2 Å². The van der Waals surface area contributed by atoms with Crippen LogP contribution in [0.4, 0.5) is 0 Å². The van der Waals surface area contributed by atoms with Gasteiger partial charge in [-0.05, 0) is 41.5 Å². The van der Waals surface area contributed by atoms with E-state index in [4.69, 9.17) is 15.0 Å². The van der Waals surface area contributed by atoms with Gasteiger partial charge >= 0.3 is 0 Å². The molecule has 0 spiro atoms. The van der Waals surface area contributed by atoms with E-state index >= 15 is 0 Å². The summed E-state index contributed by atoms with van der Waals surface area (Å²) in [4.78, 5) is 21.2. The van der Waals surface area contributed by atoms with Crippen molar-refractivity contribution in [1.29, 1.82) is 0 Å². The van der Waals surface area contributed by atoms with Crippen molar-refractivity contribution in [3.05, 3.63) is 170 Å². The van der Waals surface area contributed by atoms with Crippen LogP contribution in [0, 0.1) is 0 Å². The van der Waals surface area contributed by atoms with E-state index in [0.29, 0.717) is 5.95 Å². The molecule has 0 saturated heterocycles. The van der Waals surface area contributed by atoms with Gasteiger partial charge in [-0.2, -0.15) is 0 Å². The van der Waals surface area contributed by atoms with E-state index in [9.17, 15) is 0 Å². The maximum absolute atomic E-state index is 5.50. The van der Waals surface area contributed by atoms with Gasteiger partial charge in [-0.15, -0.1) is 11.3 Å². The van der Waals surface area contributed by atoms with E-state index in [2.05, 4.69) is 166 Å². The maximum Gasteiger partial charge on any atom is 0.235 e. The van der Waals surface area contributed by atoms with E-state index in [1.165, 1.54) is 27.3 Å². The highest BCUT2D eigenvalue weighted by atomic mass is 32.1. The predicted octanol–water partition coefficient (Wildman–Crippen LogP) is 12.3. The summed E-state index contributed by atoms with van der Waals surface area (Å²) in [7, 11) is 0. The molecule has 0 bridgehead atoms. The van der Waals surface area contributed by atoms with Crippen LogP contribution in [-0.4, -0.2) is 29.1 Å². The molecule has 0 unspecified atom stereocenters. The Kier molecular flexibility index (Phi) is 6.40. The molecule has 55 heavy (non-hydrogen) atoms. The number of aromatic nitrogens is 6. The summed E-state index contributed by atoms with van der Waals surface area (Å²) in [6.07, 6.45) is 3.62. The monoisotopic (exact) mass is 720 g/mol. The van der Waals surface area contributed by atoms with Crippen LogP contribution in [0.25, 0.3) is 109 Å². The standard InChI is InChI=1S/C48H28N6S/c1-3-13-29(14-4-1)30-23-25-31(26-24-30)43-33-17-7-10-20-37(33)51-48(52-43)54-39-22-12-9-19-35(39)41-40-34-18-8-11-21-38(34)53(32-15-5-2-6-16-32)44(40)42-36-27-49-28-50-47(36)55-46(42)45(41)54/h1-28H. The molecule has 0 fully saturated rings. The Morgan fingerprint density at radius 2 is 1.05 bits per heavy atom. The Bertz CT molecular complexity index is 3470. The first-order valence-corrected chi connectivity index (χ1v) is 19.1. The first-order valence-electron chi connectivity index (χ1n) is 18.3. The molecular formula is C48H28N6S. The van der Waals surface area contributed by atoms with Gasteiger partial charge < -0.3 is 4.57 Å². The Labute approximate surface area is 318 Å². The summed E-state index contributed by atoms with van der Waals surface area (Å²) in [5.74, 6) is 0.628. The zero-order valence-electron chi connectivity index (χ0n) is 29.3. The van der Waals surface area contributed by atoms with Crippen molar-refractivity contribution in [2.45, 2.75) is 0 Å². The number of rotatable bonds is 4.